The highest BCUT2D eigenvalue weighted by atomic mass is 16.5. The van der Waals surface area contributed by atoms with Crippen LogP contribution in [0.3, 0.4) is 0 Å². The predicted octanol–water partition coefficient (Wildman–Crippen LogP) is 1.67. The second kappa shape index (κ2) is 6.37. The van der Waals surface area contributed by atoms with Crippen LogP contribution in [0.1, 0.15) is 25.0 Å². The molecular weight excluding hydrogens is 240 g/mol. The fourth-order valence-corrected chi connectivity index (χ4v) is 1.40. The smallest absolute Gasteiger partial charge is 0.256 e. The van der Waals surface area contributed by atoms with Crippen LogP contribution < -0.4 is 11.1 Å². The van der Waals surface area contributed by atoms with E-state index in [2.05, 4.69) is 17.2 Å². The van der Waals surface area contributed by atoms with Gasteiger partial charge in [0, 0.05) is 18.4 Å². The third kappa shape index (κ3) is 4.09. The van der Waals surface area contributed by atoms with Crippen LogP contribution in [0.5, 0.6) is 0 Å². The molecule has 0 aliphatic rings. The van der Waals surface area contributed by atoms with Gasteiger partial charge in [0.25, 0.3) is 5.91 Å². The van der Waals surface area contributed by atoms with Crippen LogP contribution in [0, 0.1) is 18.8 Å². The Balaban J connectivity index is 2.88. The summed E-state index contributed by atoms with van der Waals surface area (Å²) < 4.78 is 5.13. The van der Waals surface area contributed by atoms with Crippen LogP contribution in [-0.4, -0.2) is 25.2 Å². The van der Waals surface area contributed by atoms with E-state index in [0.717, 1.165) is 16.8 Å². The quantitative estimate of drug-likeness (QED) is 0.813. The average molecular weight is 260 g/mol. The topological polar surface area (TPSA) is 64.3 Å². The molecule has 0 bridgehead atoms. The highest BCUT2D eigenvalue weighted by Gasteiger charge is 2.26. The molecule has 102 valence electrons. The maximum atomic E-state index is 12.0. The van der Waals surface area contributed by atoms with E-state index in [-0.39, 0.29) is 5.91 Å². The number of benzene rings is 1. The van der Waals surface area contributed by atoms with Gasteiger partial charge in [0.15, 0.2) is 0 Å². The van der Waals surface area contributed by atoms with Crippen molar-refractivity contribution >= 4 is 11.6 Å². The van der Waals surface area contributed by atoms with Gasteiger partial charge >= 0.3 is 0 Å². The molecule has 0 aromatic heterocycles. The first-order valence-electron chi connectivity index (χ1n) is 6.07. The molecule has 0 radical (unpaired) electrons. The fourth-order valence-electron chi connectivity index (χ4n) is 1.40. The minimum Gasteiger partial charge on any atom is -0.369 e. The van der Waals surface area contributed by atoms with E-state index in [1.807, 2.05) is 25.1 Å². The lowest BCUT2D eigenvalue weighted by atomic mass is 10.1. The molecule has 1 amide bonds. The van der Waals surface area contributed by atoms with Gasteiger partial charge in [-0.05, 0) is 44.5 Å². The molecule has 1 aromatic rings. The van der Waals surface area contributed by atoms with Gasteiger partial charge in [0.2, 0.25) is 0 Å². The lowest BCUT2D eigenvalue weighted by Gasteiger charge is -2.21. The Hall–Kier alpha value is -1.83. The first-order valence-corrected chi connectivity index (χ1v) is 6.07. The summed E-state index contributed by atoms with van der Waals surface area (Å²) in [5.74, 6) is 5.61. The van der Waals surface area contributed by atoms with Crippen molar-refractivity contribution in [3.8, 4) is 11.8 Å². The number of hydrogen-bond donors (Lipinski definition) is 2. The standard InChI is InChI=1S/C15H20N2O2/c1-11-10-13(8-7-12(11)6-5-9-16)17-14(18)15(2,3)19-4/h7-8,10H,9,16H2,1-4H3,(H,17,18). The van der Waals surface area contributed by atoms with Gasteiger partial charge in [-0.2, -0.15) is 0 Å². The Labute approximate surface area is 114 Å². The molecule has 0 saturated heterocycles. The molecule has 19 heavy (non-hydrogen) atoms. The first kappa shape index (κ1) is 15.2. The Morgan fingerprint density at radius 2 is 2.16 bits per heavy atom. The fraction of sp³-hybridized carbons (Fsp3) is 0.400. The zero-order chi connectivity index (χ0) is 14.5. The Kier molecular flexibility index (Phi) is 5.11. The summed E-state index contributed by atoms with van der Waals surface area (Å²) in [5.41, 5.74) is 7.12. The lowest BCUT2D eigenvalue weighted by molar-refractivity contribution is -0.133. The molecular formula is C15H20N2O2. The third-order valence-electron chi connectivity index (χ3n) is 2.87. The van der Waals surface area contributed by atoms with E-state index in [1.54, 1.807) is 13.8 Å². The van der Waals surface area contributed by atoms with Crippen molar-refractivity contribution in [3.05, 3.63) is 29.3 Å². The van der Waals surface area contributed by atoms with Crippen molar-refractivity contribution in [3.63, 3.8) is 0 Å². The number of rotatable bonds is 3. The summed E-state index contributed by atoms with van der Waals surface area (Å²) in [4.78, 5) is 12.0. The molecule has 0 atom stereocenters. The molecule has 1 rings (SSSR count). The minimum atomic E-state index is -0.855. The number of ether oxygens (including phenoxy) is 1. The number of methoxy groups -OCH3 is 1. The number of aryl methyl sites for hydroxylation is 1. The zero-order valence-electron chi connectivity index (χ0n) is 11.8. The molecule has 0 aliphatic heterocycles. The van der Waals surface area contributed by atoms with Gasteiger partial charge in [-0.1, -0.05) is 11.8 Å². The minimum absolute atomic E-state index is 0.185. The number of carbonyl (C=O) groups excluding carboxylic acids is 1. The highest BCUT2D eigenvalue weighted by molar-refractivity contribution is 5.96. The van der Waals surface area contributed by atoms with Crippen molar-refractivity contribution in [2.45, 2.75) is 26.4 Å². The SMILES string of the molecule is COC(C)(C)C(=O)Nc1ccc(C#CCN)c(C)c1. The number of carbonyl (C=O) groups is 1. The monoisotopic (exact) mass is 260 g/mol. The number of amides is 1. The van der Waals surface area contributed by atoms with Crippen molar-refractivity contribution in [1.82, 2.24) is 0 Å². The maximum Gasteiger partial charge on any atom is 0.256 e. The molecule has 0 heterocycles. The lowest BCUT2D eigenvalue weighted by Crippen LogP contribution is -2.38. The molecule has 1 aromatic carbocycles. The van der Waals surface area contributed by atoms with Gasteiger partial charge in [0.1, 0.15) is 5.60 Å². The number of nitrogens with two attached hydrogens (primary N) is 1. The van der Waals surface area contributed by atoms with E-state index in [1.165, 1.54) is 7.11 Å². The van der Waals surface area contributed by atoms with Crippen molar-refractivity contribution in [2.24, 2.45) is 5.73 Å². The van der Waals surface area contributed by atoms with E-state index >= 15 is 0 Å². The Morgan fingerprint density at radius 3 is 2.68 bits per heavy atom. The van der Waals surface area contributed by atoms with Crippen LogP contribution in [-0.2, 0) is 9.53 Å². The summed E-state index contributed by atoms with van der Waals surface area (Å²) in [6.07, 6.45) is 0. The van der Waals surface area contributed by atoms with Crippen molar-refractivity contribution < 1.29 is 9.53 Å². The van der Waals surface area contributed by atoms with Gasteiger partial charge in [-0.3, -0.25) is 4.79 Å². The number of nitrogens with one attached hydrogen (secondary N) is 1. The average Bonchev–Trinajstić information content (AvgIpc) is 2.37. The van der Waals surface area contributed by atoms with E-state index < -0.39 is 5.60 Å². The van der Waals surface area contributed by atoms with Gasteiger partial charge in [0.05, 0.1) is 6.54 Å². The van der Waals surface area contributed by atoms with Crippen molar-refractivity contribution in [1.29, 1.82) is 0 Å². The van der Waals surface area contributed by atoms with Crippen LogP contribution in [0.4, 0.5) is 5.69 Å². The number of hydrogen-bond acceptors (Lipinski definition) is 3. The Morgan fingerprint density at radius 1 is 1.47 bits per heavy atom. The van der Waals surface area contributed by atoms with Gasteiger partial charge in [-0.25, -0.2) is 0 Å². The second-order valence-electron chi connectivity index (χ2n) is 4.70. The van der Waals surface area contributed by atoms with Crippen LogP contribution in [0.15, 0.2) is 18.2 Å². The van der Waals surface area contributed by atoms with Crippen molar-refractivity contribution in [2.75, 3.05) is 19.0 Å². The van der Waals surface area contributed by atoms with Crippen LogP contribution in [0.2, 0.25) is 0 Å². The molecule has 0 fully saturated rings. The third-order valence-corrected chi connectivity index (χ3v) is 2.87. The second-order valence-corrected chi connectivity index (χ2v) is 4.70. The summed E-state index contributed by atoms with van der Waals surface area (Å²) in [7, 11) is 1.51. The molecule has 4 nitrogen and oxygen atoms in total. The van der Waals surface area contributed by atoms with E-state index in [4.69, 9.17) is 10.5 Å². The molecule has 0 spiro atoms. The van der Waals surface area contributed by atoms with Crippen LogP contribution >= 0.6 is 0 Å². The molecule has 0 aliphatic carbocycles. The largest absolute Gasteiger partial charge is 0.369 e. The van der Waals surface area contributed by atoms with Crippen LogP contribution in [0.25, 0.3) is 0 Å². The summed E-state index contributed by atoms with van der Waals surface area (Å²) in [6, 6.07) is 5.56. The predicted molar refractivity (Wildman–Crippen MR) is 76.8 cm³/mol. The summed E-state index contributed by atoms with van der Waals surface area (Å²) >= 11 is 0. The molecule has 3 N–H and O–H groups in total. The zero-order valence-corrected chi connectivity index (χ0v) is 11.8. The molecule has 4 heteroatoms. The van der Waals surface area contributed by atoms with Gasteiger partial charge < -0.3 is 15.8 Å². The Bertz CT molecular complexity index is 525. The van der Waals surface area contributed by atoms with Gasteiger partial charge in [-0.15, -0.1) is 0 Å². The van der Waals surface area contributed by atoms with E-state index in [0.29, 0.717) is 6.54 Å². The first-order chi connectivity index (χ1) is 8.90. The normalized spacial score (nSPS) is 10.6. The molecule has 0 unspecified atom stereocenters. The number of anilines is 1. The summed E-state index contributed by atoms with van der Waals surface area (Å²) in [5, 5.41) is 2.82. The highest BCUT2D eigenvalue weighted by Crippen LogP contribution is 2.17. The van der Waals surface area contributed by atoms with E-state index in [9.17, 15) is 4.79 Å². The summed E-state index contributed by atoms with van der Waals surface area (Å²) in [6.45, 7) is 5.71. The molecule has 0 saturated carbocycles. The maximum absolute atomic E-state index is 12.0.